The predicted molar refractivity (Wildman–Crippen MR) is 110 cm³/mol. The summed E-state index contributed by atoms with van der Waals surface area (Å²) < 4.78 is 30.5. The van der Waals surface area contributed by atoms with Crippen LogP contribution in [0.3, 0.4) is 0 Å². The fraction of sp³-hybridized carbons (Fsp3) is 0.286. The number of carbonyl (C=O) groups excluding carboxylic acids is 1. The largest absolute Gasteiger partial charge is 0.441 e. The summed E-state index contributed by atoms with van der Waals surface area (Å²) in [6.45, 7) is 4.01. The third kappa shape index (κ3) is 5.99. The van der Waals surface area contributed by atoms with Crippen LogP contribution in [0.2, 0.25) is 0 Å². The zero-order chi connectivity index (χ0) is 20.9. The molecule has 0 radical (unpaired) electrons. The van der Waals surface area contributed by atoms with Gasteiger partial charge in [0.2, 0.25) is 11.8 Å². The van der Waals surface area contributed by atoms with Gasteiger partial charge in [0.1, 0.15) is 11.5 Å². The van der Waals surface area contributed by atoms with E-state index in [1.54, 1.807) is 19.3 Å². The Labute approximate surface area is 170 Å². The minimum Gasteiger partial charge on any atom is -0.441 e. The SMILES string of the molecule is Cc1ccc(-c2nc(CS(=O)(=O)CC(=O)NCCc3ccncc3)c(C)o2)cc1. The van der Waals surface area contributed by atoms with Gasteiger partial charge in [0.15, 0.2) is 9.84 Å². The first-order valence-corrected chi connectivity index (χ1v) is 11.0. The Kier molecular flexibility index (Phi) is 6.43. The highest BCUT2D eigenvalue weighted by atomic mass is 32.2. The zero-order valence-corrected chi connectivity index (χ0v) is 17.2. The third-order valence-corrected chi connectivity index (χ3v) is 5.80. The molecule has 0 aliphatic heterocycles. The van der Waals surface area contributed by atoms with Crippen LogP contribution in [0.5, 0.6) is 0 Å². The number of sulfone groups is 1. The topological polar surface area (TPSA) is 102 Å². The molecular weight excluding hydrogens is 390 g/mol. The van der Waals surface area contributed by atoms with Gasteiger partial charge >= 0.3 is 0 Å². The van der Waals surface area contributed by atoms with Gasteiger partial charge in [-0.05, 0) is 50.1 Å². The molecule has 152 valence electrons. The second kappa shape index (κ2) is 9.00. The van der Waals surface area contributed by atoms with Gasteiger partial charge in [0, 0.05) is 24.5 Å². The second-order valence-corrected chi connectivity index (χ2v) is 8.94. The fourth-order valence-electron chi connectivity index (χ4n) is 2.79. The lowest BCUT2D eigenvalue weighted by atomic mass is 10.1. The summed E-state index contributed by atoms with van der Waals surface area (Å²) in [6.07, 6.45) is 3.95. The van der Waals surface area contributed by atoms with E-state index in [0.717, 1.165) is 16.7 Å². The highest BCUT2D eigenvalue weighted by molar-refractivity contribution is 7.91. The minimum absolute atomic E-state index is 0.324. The number of nitrogens with one attached hydrogen (secondary N) is 1. The molecule has 0 unspecified atom stereocenters. The monoisotopic (exact) mass is 413 g/mol. The highest BCUT2D eigenvalue weighted by Gasteiger charge is 2.22. The van der Waals surface area contributed by atoms with Crippen LogP contribution in [-0.2, 0) is 26.8 Å². The van der Waals surface area contributed by atoms with Crippen molar-refractivity contribution in [3.05, 3.63) is 71.4 Å². The van der Waals surface area contributed by atoms with E-state index in [-0.39, 0.29) is 5.75 Å². The van der Waals surface area contributed by atoms with Gasteiger partial charge in [0.25, 0.3) is 0 Å². The number of benzene rings is 1. The number of aromatic nitrogens is 2. The Hall–Kier alpha value is -3.00. The van der Waals surface area contributed by atoms with Crippen LogP contribution in [-0.4, -0.2) is 36.6 Å². The van der Waals surface area contributed by atoms with Gasteiger partial charge < -0.3 is 9.73 Å². The molecule has 0 spiro atoms. The number of nitrogens with zero attached hydrogens (tertiary/aromatic N) is 2. The summed E-state index contributed by atoms with van der Waals surface area (Å²) in [6, 6.07) is 11.3. The standard InChI is InChI=1S/C21H23N3O4S/c1-15-3-5-18(6-4-15)21-24-19(16(2)28-21)13-29(26,27)14-20(25)23-12-9-17-7-10-22-11-8-17/h3-8,10-11H,9,12-14H2,1-2H3,(H,23,25). The lowest BCUT2D eigenvalue weighted by molar-refractivity contribution is -0.118. The molecule has 0 aliphatic carbocycles. The maximum Gasteiger partial charge on any atom is 0.235 e. The van der Waals surface area contributed by atoms with Gasteiger partial charge in [-0.2, -0.15) is 0 Å². The molecule has 2 heterocycles. The van der Waals surface area contributed by atoms with E-state index in [0.29, 0.717) is 30.3 Å². The second-order valence-electron chi connectivity index (χ2n) is 6.88. The van der Waals surface area contributed by atoms with Crippen LogP contribution < -0.4 is 5.32 Å². The van der Waals surface area contributed by atoms with Crippen LogP contribution in [0.4, 0.5) is 0 Å². The smallest absolute Gasteiger partial charge is 0.235 e. The van der Waals surface area contributed by atoms with E-state index in [2.05, 4.69) is 15.3 Å². The van der Waals surface area contributed by atoms with E-state index in [1.807, 2.05) is 43.3 Å². The number of hydrogen-bond donors (Lipinski definition) is 1. The van der Waals surface area contributed by atoms with Crippen molar-refractivity contribution < 1.29 is 17.6 Å². The van der Waals surface area contributed by atoms with Crippen molar-refractivity contribution in [2.45, 2.75) is 26.0 Å². The summed E-state index contributed by atoms with van der Waals surface area (Å²) in [5, 5.41) is 2.64. The predicted octanol–water partition coefficient (Wildman–Crippen LogP) is 2.63. The van der Waals surface area contributed by atoms with Crippen molar-refractivity contribution in [1.82, 2.24) is 15.3 Å². The Morgan fingerprint density at radius 2 is 1.76 bits per heavy atom. The normalized spacial score (nSPS) is 11.4. The molecular formula is C21H23N3O4S. The van der Waals surface area contributed by atoms with Gasteiger partial charge in [-0.1, -0.05) is 17.7 Å². The number of aryl methyl sites for hydroxylation is 2. The molecule has 7 nitrogen and oxygen atoms in total. The first-order chi connectivity index (χ1) is 13.8. The van der Waals surface area contributed by atoms with E-state index in [4.69, 9.17) is 4.42 Å². The lowest BCUT2D eigenvalue weighted by Gasteiger charge is -2.06. The molecule has 0 fully saturated rings. The maximum absolute atomic E-state index is 12.4. The van der Waals surface area contributed by atoms with Crippen LogP contribution in [0.1, 0.15) is 22.6 Å². The van der Waals surface area contributed by atoms with E-state index < -0.39 is 21.5 Å². The Morgan fingerprint density at radius 3 is 2.45 bits per heavy atom. The van der Waals surface area contributed by atoms with Crippen LogP contribution >= 0.6 is 0 Å². The van der Waals surface area contributed by atoms with E-state index >= 15 is 0 Å². The number of rotatable bonds is 8. The molecule has 0 aliphatic rings. The Balaban J connectivity index is 1.57. The molecule has 0 bridgehead atoms. The Morgan fingerprint density at radius 1 is 1.07 bits per heavy atom. The third-order valence-electron chi connectivity index (χ3n) is 4.38. The van der Waals surface area contributed by atoms with Crippen molar-refractivity contribution in [2.24, 2.45) is 0 Å². The molecule has 0 atom stereocenters. The number of hydrogen-bond acceptors (Lipinski definition) is 6. The summed E-state index contributed by atoms with van der Waals surface area (Å²) in [5.41, 5.74) is 3.22. The van der Waals surface area contributed by atoms with Gasteiger partial charge in [0.05, 0.1) is 11.4 Å². The number of carbonyl (C=O) groups is 1. The van der Waals surface area contributed by atoms with Crippen LogP contribution in [0, 0.1) is 13.8 Å². The molecule has 2 aromatic heterocycles. The molecule has 0 saturated carbocycles. The summed E-state index contributed by atoms with van der Waals surface area (Å²) in [4.78, 5) is 20.3. The van der Waals surface area contributed by atoms with Crippen LogP contribution in [0.25, 0.3) is 11.5 Å². The van der Waals surface area contributed by atoms with E-state index in [1.165, 1.54) is 0 Å². The van der Waals surface area contributed by atoms with Crippen molar-refractivity contribution in [3.63, 3.8) is 0 Å². The molecule has 3 rings (SSSR count). The molecule has 1 N–H and O–H groups in total. The highest BCUT2D eigenvalue weighted by Crippen LogP contribution is 2.23. The number of oxazole rings is 1. The molecule has 0 saturated heterocycles. The van der Waals surface area contributed by atoms with Crippen molar-refractivity contribution >= 4 is 15.7 Å². The first kappa shape index (κ1) is 20.7. The van der Waals surface area contributed by atoms with Crippen LogP contribution in [0.15, 0.2) is 53.2 Å². The summed E-state index contributed by atoms with van der Waals surface area (Å²) >= 11 is 0. The first-order valence-electron chi connectivity index (χ1n) is 9.22. The molecule has 1 aromatic carbocycles. The zero-order valence-electron chi connectivity index (χ0n) is 16.4. The quantitative estimate of drug-likeness (QED) is 0.609. The van der Waals surface area contributed by atoms with Crippen molar-refractivity contribution in [3.8, 4) is 11.5 Å². The average Bonchev–Trinajstić information content (AvgIpc) is 3.02. The average molecular weight is 413 g/mol. The lowest BCUT2D eigenvalue weighted by Crippen LogP contribution is -2.32. The summed E-state index contributed by atoms with van der Waals surface area (Å²) in [7, 11) is -3.67. The van der Waals surface area contributed by atoms with Crippen molar-refractivity contribution in [1.29, 1.82) is 0 Å². The molecule has 8 heteroatoms. The summed E-state index contributed by atoms with van der Waals surface area (Å²) in [5.74, 6) is -0.655. The van der Waals surface area contributed by atoms with Gasteiger partial charge in [-0.25, -0.2) is 13.4 Å². The maximum atomic E-state index is 12.4. The fourth-order valence-corrected chi connectivity index (χ4v) is 4.08. The minimum atomic E-state index is -3.67. The van der Waals surface area contributed by atoms with Crippen molar-refractivity contribution in [2.75, 3.05) is 12.3 Å². The van der Waals surface area contributed by atoms with Gasteiger partial charge in [-0.15, -0.1) is 0 Å². The Bertz CT molecular complexity index is 1070. The number of amides is 1. The molecule has 29 heavy (non-hydrogen) atoms. The number of pyridine rings is 1. The molecule has 3 aromatic rings. The van der Waals surface area contributed by atoms with Gasteiger partial charge in [-0.3, -0.25) is 9.78 Å². The van der Waals surface area contributed by atoms with E-state index in [9.17, 15) is 13.2 Å². The molecule has 1 amide bonds.